The summed E-state index contributed by atoms with van der Waals surface area (Å²) in [5, 5.41) is 4.13. The molecular weight excluding hydrogens is 466 g/mol. The summed E-state index contributed by atoms with van der Waals surface area (Å²) in [6.07, 6.45) is 1.77. The number of methoxy groups -OCH3 is 1. The predicted octanol–water partition coefficient (Wildman–Crippen LogP) is 7.25. The normalized spacial score (nSPS) is 10.9. The van der Waals surface area contributed by atoms with Crippen molar-refractivity contribution < 1.29 is 9.53 Å². The van der Waals surface area contributed by atoms with Gasteiger partial charge in [-0.05, 0) is 48.4 Å². The Morgan fingerprint density at radius 2 is 1.76 bits per heavy atom. The number of para-hydroxylation sites is 1. The molecule has 0 fully saturated rings. The molecule has 5 rings (SSSR count). The van der Waals surface area contributed by atoms with Crippen molar-refractivity contribution >= 4 is 44.3 Å². The summed E-state index contributed by atoms with van der Waals surface area (Å²) in [7, 11) is 1.63. The molecule has 0 radical (unpaired) electrons. The van der Waals surface area contributed by atoms with Crippen LogP contribution >= 0.6 is 22.9 Å². The van der Waals surface area contributed by atoms with Gasteiger partial charge in [-0.2, -0.15) is 4.98 Å². The average Bonchev–Trinajstić information content (AvgIpc) is 3.25. The number of halogens is 1. The number of anilines is 1. The minimum absolute atomic E-state index is 0.238. The predicted molar refractivity (Wildman–Crippen MR) is 139 cm³/mol. The SMILES string of the molecule is COc1ccccc1-c1cc(C)ccc1C(=O)Nc1nc2ncc(-c3ccc(Cl)cc3)cc2s1. The summed E-state index contributed by atoms with van der Waals surface area (Å²) >= 11 is 7.39. The zero-order valence-corrected chi connectivity index (χ0v) is 20.1. The van der Waals surface area contributed by atoms with Crippen LogP contribution in [0, 0.1) is 6.92 Å². The van der Waals surface area contributed by atoms with E-state index >= 15 is 0 Å². The molecule has 7 heteroatoms. The Morgan fingerprint density at radius 1 is 0.971 bits per heavy atom. The minimum atomic E-state index is -0.238. The van der Waals surface area contributed by atoms with Gasteiger partial charge in [0.15, 0.2) is 10.8 Å². The molecule has 0 saturated carbocycles. The number of benzene rings is 3. The maximum Gasteiger partial charge on any atom is 0.258 e. The first-order valence-corrected chi connectivity index (χ1v) is 11.8. The van der Waals surface area contributed by atoms with Gasteiger partial charge in [-0.15, -0.1) is 0 Å². The van der Waals surface area contributed by atoms with E-state index in [9.17, 15) is 4.79 Å². The highest BCUT2D eigenvalue weighted by atomic mass is 35.5. The number of hydrogen-bond donors (Lipinski definition) is 1. The van der Waals surface area contributed by atoms with Crippen molar-refractivity contribution in [1.29, 1.82) is 0 Å². The molecule has 0 atom stereocenters. The number of nitrogens with one attached hydrogen (secondary N) is 1. The highest BCUT2D eigenvalue weighted by molar-refractivity contribution is 7.22. The van der Waals surface area contributed by atoms with E-state index in [0.29, 0.717) is 27.1 Å². The number of pyridine rings is 1. The summed E-state index contributed by atoms with van der Waals surface area (Å²) < 4.78 is 6.41. The van der Waals surface area contributed by atoms with Crippen molar-refractivity contribution in [1.82, 2.24) is 9.97 Å². The Kier molecular flexibility index (Phi) is 6.01. The third-order valence-electron chi connectivity index (χ3n) is 5.46. The van der Waals surface area contributed by atoms with Crippen LogP contribution in [0.5, 0.6) is 5.75 Å². The van der Waals surface area contributed by atoms with Gasteiger partial charge >= 0.3 is 0 Å². The average molecular weight is 486 g/mol. The fourth-order valence-electron chi connectivity index (χ4n) is 3.78. The first-order chi connectivity index (χ1) is 16.5. The maximum absolute atomic E-state index is 13.3. The van der Waals surface area contributed by atoms with Crippen molar-refractivity contribution in [3.05, 3.63) is 95.1 Å². The summed E-state index contributed by atoms with van der Waals surface area (Å²) in [5.41, 5.74) is 5.82. The molecule has 1 N–H and O–H groups in total. The number of ether oxygens (including phenoxy) is 1. The molecule has 0 bridgehead atoms. The third-order valence-corrected chi connectivity index (χ3v) is 6.62. The van der Waals surface area contributed by atoms with Gasteiger partial charge in [0.25, 0.3) is 5.91 Å². The Bertz CT molecular complexity index is 1510. The summed E-state index contributed by atoms with van der Waals surface area (Å²) in [6.45, 7) is 2.00. The van der Waals surface area contributed by atoms with Crippen molar-refractivity contribution in [3.63, 3.8) is 0 Å². The molecule has 168 valence electrons. The molecule has 34 heavy (non-hydrogen) atoms. The smallest absolute Gasteiger partial charge is 0.258 e. The standard InChI is InChI=1S/C27H20ClN3O2S/c1-16-7-12-21(22(13-16)20-5-3-4-6-23(20)33-2)26(32)31-27-30-25-24(34-27)14-18(15-29-25)17-8-10-19(28)11-9-17/h3-15H,1-2H3,(H,29,30,31,32). The Labute approximate surface area is 206 Å². The lowest BCUT2D eigenvalue weighted by molar-refractivity contribution is 0.102. The summed E-state index contributed by atoms with van der Waals surface area (Å²) in [6, 6.07) is 23.0. The van der Waals surface area contributed by atoms with E-state index in [1.165, 1.54) is 11.3 Å². The zero-order chi connectivity index (χ0) is 23.7. The second-order valence-corrected chi connectivity index (χ2v) is 9.24. The lowest BCUT2D eigenvalue weighted by Gasteiger charge is -2.13. The molecule has 1 amide bonds. The fourth-order valence-corrected chi connectivity index (χ4v) is 4.77. The number of aryl methyl sites for hydroxylation is 1. The summed E-state index contributed by atoms with van der Waals surface area (Å²) in [5.74, 6) is 0.471. The molecule has 0 unspecified atom stereocenters. The van der Waals surface area contributed by atoms with E-state index in [4.69, 9.17) is 16.3 Å². The molecule has 0 spiro atoms. The highest BCUT2D eigenvalue weighted by Crippen LogP contribution is 2.34. The Balaban J connectivity index is 1.47. The van der Waals surface area contributed by atoms with Crippen LogP contribution in [0.2, 0.25) is 5.02 Å². The van der Waals surface area contributed by atoms with E-state index in [1.807, 2.05) is 79.7 Å². The third kappa shape index (κ3) is 4.38. The number of aromatic nitrogens is 2. The molecule has 0 aliphatic heterocycles. The second-order valence-electron chi connectivity index (χ2n) is 7.78. The van der Waals surface area contributed by atoms with E-state index < -0.39 is 0 Å². The first kappa shape index (κ1) is 22.1. The van der Waals surface area contributed by atoms with Crippen LogP contribution in [0.3, 0.4) is 0 Å². The largest absolute Gasteiger partial charge is 0.496 e. The fraction of sp³-hybridized carbons (Fsp3) is 0.0741. The zero-order valence-electron chi connectivity index (χ0n) is 18.5. The number of fused-ring (bicyclic) bond motifs is 1. The van der Waals surface area contributed by atoms with Crippen molar-refractivity contribution in [2.24, 2.45) is 0 Å². The van der Waals surface area contributed by atoms with Gasteiger partial charge in [0, 0.05) is 27.9 Å². The van der Waals surface area contributed by atoms with Crippen molar-refractivity contribution in [3.8, 4) is 28.0 Å². The Hall–Kier alpha value is -3.74. The Morgan fingerprint density at radius 3 is 2.56 bits per heavy atom. The molecule has 2 aromatic heterocycles. The van der Waals surface area contributed by atoms with Gasteiger partial charge in [0.05, 0.1) is 11.8 Å². The van der Waals surface area contributed by atoms with Gasteiger partial charge in [-0.25, -0.2) is 4.98 Å². The minimum Gasteiger partial charge on any atom is -0.496 e. The van der Waals surface area contributed by atoms with E-state index in [0.717, 1.165) is 32.5 Å². The second kappa shape index (κ2) is 9.25. The van der Waals surface area contributed by atoms with Crippen LogP contribution < -0.4 is 10.1 Å². The van der Waals surface area contributed by atoms with E-state index in [1.54, 1.807) is 13.3 Å². The molecule has 0 saturated heterocycles. The van der Waals surface area contributed by atoms with Crippen LogP contribution in [0.4, 0.5) is 5.13 Å². The quantitative estimate of drug-likeness (QED) is 0.285. The van der Waals surface area contributed by atoms with Gasteiger partial charge in [0.1, 0.15) is 5.75 Å². The van der Waals surface area contributed by atoms with Crippen LogP contribution in [-0.4, -0.2) is 23.0 Å². The lowest BCUT2D eigenvalue weighted by atomic mass is 9.96. The van der Waals surface area contributed by atoms with E-state index in [2.05, 4.69) is 15.3 Å². The number of carbonyl (C=O) groups is 1. The van der Waals surface area contributed by atoms with Gasteiger partial charge < -0.3 is 4.74 Å². The number of amides is 1. The number of hydrogen-bond acceptors (Lipinski definition) is 5. The van der Waals surface area contributed by atoms with Gasteiger partial charge in [-0.1, -0.05) is 71.0 Å². The number of carbonyl (C=O) groups excluding carboxylic acids is 1. The van der Waals surface area contributed by atoms with Crippen molar-refractivity contribution in [2.45, 2.75) is 6.92 Å². The van der Waals surface area contributed by atoms with Crippen LogP contribution in [0.15, 0.2) is 79.0 Å². The molecule has 2 heterocycles. The molecule has 0 aliphatic rings. The monoisotopic (exact) mass is 485 g/mol. The van der Waals surface area contributed by atoms with E-state index in [-0.39, 0.29) is 5.91 Å². The van der Waals surface area contributed by atoms with Crippen LogP contribution in [-0.2, 0) is 0 Å². The lowest BCUT2D eigenvalue weighted by Crippen LogP contribution is -2.13. The summed E-state index contributed by atoms with van der Waals surface area (Å²) in [4.78, 5) is 22.3. The van der Waals surface area contributed by atoms with Crippen LogP contribution in [0.1, 0.15) is 15.9 Å². The highest BCUT2D eigenvalue weighted by Gasteiger charge is 2.18. The van der Waals surface area contributed by atoms with Gasteiger partial charge in [0.2, 0.25) is 0 Å². The number of thiazole rings is 1. The maximum atomic E-state index is 13.3. The molecule has 5 nitrogen and oxygen atoms in total. The molecule has 0 aliphatic carbocycles. The van der Waals surface area contributed by atoms with Gasteiger partial charge in [-0.3, -0.25) is 10.1 Å². The molecular formula is C27H20ClN3O2S. The van der Waals surface area contributed by atoms with Crippen LogP contribution in [0.25, 0.3) is 32.6 Å². The number of nitrogens with zero attached hydrogens (tertiary/aromatic N) is 2. The van der Waals surface area contributed by atoms with Crippen molar-refractivity contribution in [2.75, 3.05) is 12.4 Å². The molecule has 3 aromatic carbocycles. The first-order valence-electron chi connectivity index (χ1n) is 10.6. The molecule has 5 aromatic rings. The topological polar surface area (TPSA) is 64.1 Å². The number of rotatable bonds is 5.